The van der Waals surface area contributed by atoms with Gasteiger partial charge in [0.2, 0.25) is 0 Å². The third-order valence-electron chi connectivity index (χ3n) is 2.13. The van der Waals surface area contributed by atoms with Crippen molar-refractivity contribution in [3.8, 4) is 0 Å². The number of carboxylic acid groups (broad SMARTS) is 1. The second kappa shape index (κ2) is 5.03. The highest BCUT2D eigenvalue weighted by atomic mass is 16.4. The SMILES string of the molecule is O=C(O)c1cccc(N=Cc2ccccn2)c1. The zero-order chi connectivity index (χ0) is 12.1. The van der Waals surface area contributed by atoms with E-state index in [-0.39, 0.29) is 5.56 Å². The monoisotopic (exact) mass is 226 g/mol. The number of aliphatic imine (C=N–C) groups is 1. The zero-order valence-electron chi connectivity index (χ0n) is 8.95. The van der Waals surface area contributed by atoms with Crippen molar-refractivity contribution in [3.05, 3.63) is 59.9 Å². The second-order valence-electron chi connectivity index (χ2n) is 3.37. The molecule has 0 aliphatic rings. The molecule has 0 aliphatic heterocycles. The molecule has 0 unspecified atom stereocenters. The Morgan fingerprint density at radius 2 is 2.12 bits per heavy atom. The Bertz CT molecular complexity index is 550. The van der Waals surface area contributed by atoms with E-state index in [1.807, 2.05) is 18.2 Å². The number of aromatic carboxylic acids is 1. The normalized spacial score (nSPS) is 10.6. The summed E-state index contributed by atoms with van der Waals surface area (Å²) in [6, 6.07) is 12.0. The van der Waals surface area contributed by atoms with Gasteiger partial charge in [0.05, 0.1) is 23.2 Å². The molecule has 2 rings (SSSR count). The quantitative estimate of drug-likeness (QED) is 0.818. The van der Waals surface area contributed by atoms with Gasteiger partial charge in [-0.1, -0.05) is 12.1 Å². The van der Waals surface area contributed by atoms with E-state index in [0.717, 1.165) is 5.69 Å². The van der Waals surface area contributed by atoms with Crippen molar-refractivity contribution in [2.24, 2.45) is 4.99 Å². The zero-order valence-corrected chi connectivity index (χ0v) is 8.95. The number of carboxylic acids is 1. The largest absolute Gasteiger partial charge is 0.478 e. The fourth-order valence-electron chi connectivity index (χ4n) is 1.31. The molecule has 4 heteroatoms. The standard InChI is InChI=1S/C13H10N2O2/c16-13(17)10-4-3-6-11(8-10)15-9-12-5-1-2-7-14-12/h1-9H,(H,16,17). The Hall–Kier alpha value is -2.49. The molecule has 2 aromatic rings. The summed E-state index contributed by atoms with van der Waals surface area (Å²) in [5, 5.41) is 8.83. The molecule has 0 aliphatic carbocycles. The number of carbonyl (C=O) groups is 1. The Morgan fingerprint density at radius 3 is 2.82 bits per heavy atom. The molecule has 0 radical (unpaired) electrons. The first-order chi connectivity index (χ1) is 8.25. The van der Waals surface area contributed by atoms with Crippen LogP contribution in [0.15, 0.2) is 53.7 Å². The maximum atomic E-state index is 10.8. The number of benzene rings is 1. The van der Waals surface area contributed by atoms with Gasteiger partial charge in [-0.25, -0.2) is 4.79 Å². The lowest BCUT2D eigenvalue weighted by molar-refractivity contribution is 0.0697. The Balaban J connectivity index is 2.22. The van der Waals surface area contributed by atoms with E-state index >= 15 is 0 Å². The van der Waals surface area contributed by atoms with Crippen LogP contribution in [0.3, 0.4) is 0 Å². The van der Waals surface area contributed by atoms with E-state index in [1.165, 1.54) is 12.1 Å². The summed E-state index contributed by atoms with van der Waals surface area (Å²) in [4.78, 5) is 19.0. The maximum Gasteiger partial charge on any atom is 0.335 e. The first-order valence-corrected chi connectivity index (χ1v) is 5.04. The molecule has 1 heterocycles. The summed E-state index contributed by atoms with van der Waals surface area (Å²) in [6.45, 7) is 0. The molecular formula is C13H10N2O2. The van der Waals surface area contributed by atoms with Crippen molar-refractivity contribution in [1.29, 1.82) is 0 Å². The third-order valence-corrected chi connectivity index (χ3v) is 2.13. The first-order valence-electron chi connectivity index (χ1n) is 5.04. The number of nitrogens with zero attached hydrogens (tertiary/aromatic N) is 2. The molecule has 0 amide bonds. The highest BCUT2D eigenvalue weighted by Crippen LogP contribution is 2.13. The fraction of sp³-hybridized carbons (Fsp3) is 0. The average Bonchev–Trinajstić information content (AvgIpc) is 2.38. The summed E-state index contributed by atoms with van der Waals surface area (Å²) in [6.07, 6.45) is 3.27. The molecule has 0 atom stereocenters. The third kappa shape index (κ3) is 2.98. The van der Waals surface area contributed by atoms with E-state index in [9.17, 15) is 4.79 Å². The lowest BCUT2D eigenvalue weighted by atomic mass is 10.2. The van der Waals surface area contributed by atoms with Crippen molar-refractivity contribution in [1.82, 2.24) is 4.98 Å². The van der Waals surface area contributed by atoms with Crippen LogP contribution in [0.1, 0.15) is 16.1 Å². The van der Waals surface area contributed by atoms with Crippen LogP contribution in [0, 0.1) is 0 Å². The molecule has 1 aromatic heterocycles. The summed E-state index contributed by atoms with van der Waals surface area (Å²) < 4.78 is 0. The van der Waals surface area contributed by atoms with Crippen LogP contribution in [0.5, 0.6) is 0 Å². The number of hydrogen-bond donors (Lipinski definition) is 1. The number of hydrogen-bond acceptors (Lipinski definition) is 3. The van der Waals surface area contributed by atoms with Gasteiger partial charge in [-0.2, -0.15) is 0 Å². The lowest BCUT2D eigenvalue weighted by Crippen LogP contribution is -1.94. The molecule has 0 saturated carbocycles. The van der Waals surface area contributed by atoms with Crippen LogP contribution in [-0.4, -0.2) is 22.3 Å². The van der Waals surface area contributed by atoms with E-state index < -0.39 is 5.97 Å². The molecule has 4 nitrogen and oxygen atoms in total. The summed E-state index contributed by atoms with van der Waals surface area (Å²) in [5.41, 5.74) is 1.55. The van der Waals surface area contributed by atoms with Gasteiger partial charge in [0.25, 0.3) is 0 Å². The van der Waals surface area contributed by atoms with Crippen LogP contribution in [0.25, 0.3) is 0 Å². The van der Waals surface area contributed by atoms with Crippen molar-refractivity contribution < 1.29 is 9.90 Å². The molecule has 1 aromatic carbocycles. The van der Waals surface area contributed by atoms with Gasteiger partial charge in [0.15, 0.2) is 0 Å². The smallest absolute Gasteiger partial charge is 0.335 e. The van der Waals surface area contributed by atoms with Gasteiger partial charge in [-0.05, 0) is 30.3 Å². The Morgan fingerprint density at radius 1 is 1.24 bits per heavy atom. The van der Waals surface area contributed by atoms with Crippen LogP contribution >= 0.6 is 0 Å². The van der Waals surface area contributed by atoms with Crippen molar-refractivity contribution >= 4 is 17.9 Å². The minimum absolute atomic E-state index is 0.223. The van der Waals surface area contributed by atoms with Gasteiger partial charge < -0.3 is 5.11 Å². The van der Waals surface area contributed by atoms with Gasteiger partial charge in [0, 0.05) is 6.20 Å². The van der Waals surface area contributed by atoms with Gasteiger partial charge in [0.1, 0.15) is 0 Å². The van der Waals surface area contributed by atoms with Gasteiger partial charge in [-0.15, -0.1) is 0 Å². The molecule has 0 saturated heterocycles. The predicted octanol–water partition coefficient (Wildman–Crippen LogP) is 2.53. The van der Waals surface area contributed by atoms with E-state index in [2.05, 4.69) is 9.98 Å². The van der Waals surface area contributed by atoms with Crippen molar-refractivity contribution in [2.75, 3.05) is 0 Å². The molecular weight excluding hydrogens is 216 g/mol. The van der Waals surface area contributed by atoms with E-state index in [0.29, 0.717) is 5.69 Å². The summed E-state index contributed by atoms with van der Waals surface area (Å²) in [7, 11) is 0. The van der Waals surface area contributed by atoms with Crippen LogP contribution in [-0.2, 0) is 0 Å². The minimum Gasteiger partial charge on any atom is -0.478 e. The lowest BCUT2D eigenvalue weighted by Gasteiger charge is -1.96. The van der Waals surface area contributed by atoms with Crippen molar-refractivity contribution in [3.63, 3.8) is 0 Å². The average molecular weight is 226 g/mol. The first kappa shape index (κ1) is 11.0. The Kier molecular flexibility index (Phi) is 3.25. The molecule has 1 N–H and O–H groups in total. The molecule has 0 fully saturated rings. The highest BCUT2D eigenvalue weighted by Gasteiger charge is 2.01. The van der Waals surface area contributed by atoms with Gasteiger partial charge in [-0.3, -0.25) is 9.98 Å². The highest BCUT2D eigenvalue weighted by molar-refractivity contribution is 5.89. The van der Waals surface area contributed by atoms with Crippen LogP contribution < -0.4 is 0 Å². The van der Waals surface area contributed by atoms with Gasteiger partial charge >= 0.3 is 5.97 Å². The number of aromatic nitrogens is 1. The van der Waals surface area contributed by atoms with Crippen LogP contribution in [0.2, 0.25) is 0 Å². The maximum absolute atomic E-state index is 10.8. The molecule has 84 valence electrons. The van der Waals surface area contributed by atoms with Crippen molar-refractivity contribution in [2.45, 2.75) is 0 Å². The second-order valence-corrected chi connectivity index (χ2v) is 3.37. The Labute approximate surface area is 98.3 Å². The molecule has 17 heavy (non-hydrogen) atoms. The minimum atomic E-state index is -0.958. The topological polar surface area (TPSA) is 62.5 Å². The molecule has 0 bridgehead atoms. The van der Waals surface area contributed by atoms with E-state index in [4.69, 9.17) is 5.11 Å². The van der Waals surface area contributed by atoms with Crippen LogP contribution in [0.4, 0.5) is 5.69 Å². The predicted molar refractivity (Wildman–Crippen MR) is 64.9 cm³/mol. The summed E-state index contributed by atoms with van der Waals surface area (Å²) in [5.74, 6) is -0.958. The molecule has 0 spiro atoms. The number of pyridine rings is 1. The number of rotatable bonds is 3. The van der Waals surface area contributed by atoms with E-state index in [1.54, 1.807) is 24.5 Å². The fourth-order valence-corrected chi connectivity index (χ4v) is 1.31. The summed E-state index contributed by atoms with van der Waals surface area (Å²) >= 11 is 0.